The van der Waals surface area contributed by atoms with Crippen molar-refractivity contribution in [3.8, 4) is 0 Å². The lowest BCUT2D eigenvalue weighted by Crippen LogP contribution is -1.97. The van der Waals surface area contributed by atoms with Crippen molar-refractivity contribution >= 4 is 10.9 Å². The maximum Gasteiger partial charge on any atom is 0.0483 e. The van der Waals surface area contributed by atoms with Gasteiger partial charge in [-0.2, -0.15) is 0 Å². The van der Waals surface area contributed by atoms with Gasteiger partial charge >= 0.3 is 0 Å². The van der Waals surface area contributed by atoms with E-state index in [9.17, 15) is 0 Å². The van der Waals surface area contributed by atoms with Crippen LogP contribution in [-0.2, 0) is 13.0 Å². The van der Waals surface area contributed by atoms with Gasteiger partial charge in [-0.15, -0.1) is 0 Å². The molecule has 0 amide bonds. The van der Waals surface area contributed by atoms with Gasteiger partial charge in [-0.05, 0) is 48.1 Å². The Kier molecular flexibility index (Phi) is 3.12. The number of nitrogens with zero attached hydrogens (tertiary/aromatic N) is 1. The minimum atomic E-state index is 0.941. The van der Waals surface area contributed by atoms with Gasteiger partial charge in [-0.25, -0.2) is 0 Å². The molecule has 96 valence electrons. The number of benzene rings is 2. The van der Waals surface area contributed by atoms with E-state index in [-0.39, 0.29) is 0 Å². The zero-order valence-corrected chi connectivity index (χ0v) is 11.6. The average molecular weight is 249 g/mol. The predicted molar refractivity (Wildman–Crippen MR) is 81.6 cm³/mol. The van der Waals surface area contributed by atoms with Gasteiger partial charge in [0.1, 0.15) is 0 Å². The first-order valence-electron chi connectivity index (χ1n) is 6.89. The van der Waals surface area contributed by atoms with Crippen molar-refractivity contribution in [3.05, 3.63) is 71.4 Å². The Labute approximate surface area is 114 Å². The van der Waals surface area contributed by atoms with Crippen molar-refractivity contribution < 1.29 is 0 Å². The van der Waals surface area contributed by atoms with Crippen LogP contribution in [0.15, 0.2) is 54.7 Å². The Morgan fingerprint density at radius 1 is 0.895 bits per heavy atom. The molecule has 0 radical (unpaired) electrons. The van der Waals surface area contributed by atoms with E-state index < -0.39 is 0 Å². The molecule has 19 heavy (non-hydrogen) atoms. The van der Waals surface area contributed by atoms with E-state index in [1.165, 1.54) is 27.6 Å². The molecule has 0 aliphatic carbocycles. The van der Waals surface area contributed by atoms with E-state index in [0.29, 0.717) is 0 Å². The van der Waals surface area contributed by atoms with Gasteiger partial charge in [0.15, 0.2) is 0 Å². The lowest BCUT2D eigenvalue weighted by atomic mass is 10.1. The highest BCUT2D eigenvalue weighted by molar-refractivity contribution is 5.80. The van der Waals surface area contributed by atoms with Crippen LogP contribution in [0.4, 0.5) is 0 Å². The van der Waals surface area contributed by atoms with Crippen LogP contribution >= 0.6 is 0 Å². The summed E-state index contributed by atoms with van der Waals surface area (Å²) in [5.74, 6) is 0. The van der Waals surface area contributed by atoms with Crippen molar-refractivity contribution in [3.63, 3.8) is 0 Å². The summed E-state index contributed by atoms with van der Waals surface area (Å²) in [6.45, 7) is 5.27. The Hall–Kier alpha value is -2.02. The molecule has 1 aromatic heterocycles. The molecule has 1 heterocycles. The van der Waals surface area contributed by atoms with Crippen molar-refractivity contribution in [2.75, 3.05) is 0 Å². The van der Waals surface area contributed by atoms with E-state index in [4.69, 9.17) is 0 Å². The zero-order valence-electron chi connectivity index (χ0n) is 11.6. The largest absolute Gasteiger partial charge is 0.343 e. The molecule has 0 unspecified atom stereocenters. The molecule has 0 spiro atoms. The summed E-state index contributed by atoms with van der Waals surface area (Å²) in [5, 5.41) is 1.32. The quantitative estimate of drug-likeness (QED) is 0.641. The summed E-state index contributed by atoms with van der Waals surface area (Å²) in [6.07, 6.45) is 3.28. The van der Waals surface area contributed by atoms with Gasteiger partial charge in [0.25, 0.3) is 0 Å². The Balaban J connectivity index is 1.92. The minimum Gasteiger partial charge on any atom is -0.343 e. The van der Waals surface area contributed by atoms with E-state index in [1.54, 1.807) is 0 Å². The van der Waals surface area contributed by atoms with Crippen LogP contribution in [0.2, 0.25) is 0 Å². The molecule has 1 nitrogen and oxygen atoms in total. The Bertz CT molecular complexity index is 689. The maximum absolute atomic E-state index is 2.32. The lowest BCUT2D eigenvalue weighted by molar-refractivity contribution is 0.836. The first-order chi connectivity index (χ1) is 9.26. The van der Waals surface area contributed by atoms with Crippen LogP contribution in [0, 0.1) is 6.92 Å². The van der Waals surface area contributed by atoms with Gasteiger partial charge in [0.05, 0.1) is 0 Å². The standard InChI is InChI=1S/C18H19N/c1-3-15-5-7-16(8-6-15)13-19-11-10-17-12-14(2)4-9-18(17)19/h4-12H,3,13H2,1-2H3. The van der Waals surface area contributed by atoms with E-state index >= 15 is 0 Å². The van der Waals surface area contributed by atoms with Crippen molar-refractivity contribution in [2.45, 2.75) is 26.8 Å². The first kappa shape index (κ1) is 12.0. The second-order valence-corrected chi connectivity index (χ2v) is 5.18. The fourth-order valence-corrected chi connectivity index (χ4v) is 2.53. The highest BCUT2D eigenvalue weighted by Crippen LogP contribution is 2.19. The van der Waals surface area contributed by atoms with E-state index in [1.807, 2.05) is 0 Å². The van der Waals surface area contributed by atoms with Crippen LogP contribution in [-0.4, -0.2) is 4.57 Å². The van der Waals surface area contributed by atoms with E-state index in [2.05, 4.69) is 73.1 Å². The third-order valence-corrected chi connectivity index (χ3v) is 3.71. The first-order valence-corrected chi connectivity index (χ1v) is 6.89. The van der Waals surface area contributed by atoms with Gasteiger partial charge in [-0.3, -0.25) is 0 Å². The fourth-order valence-electron chi connectivity index (χ4n) is 2.53. The smallest absolute Gasteiger partial charge is 0.0483 e. The van der Waals surface area contributed by atoms with Crippen LogP contribution in [0.3, 0.4) is 0 Å². The van der Waals surface area contributed by atoms with Crippen molar-refractivity contribution in [1.29, 1.82) is 0 Å². The highest BCUT2D eigenvalue weighted by atomic mass is 14.9. The third-order valence-electron chi connectivity index (χ3n) is 3.71. The highest BCUT2D eigenvalue weighted by Gasteiger charge is 2.02. The molecule has 3 rings (SSSR count). The van der Waals surface area contributed by atoms with Crippen molar-refractivity contribution in [1.82, 2.24) is 4.57 Å². The fraction of sp³-hybridized carbons (Fsp3) is 0.222. The van der Waals surface area contributed by atoms with Crippen LogP contribution in [0.1, 0.15) is 23.6 Å². The Morgan fingerprint density at radius 3 is 2.37 bits per heavy atom. The molecule has 2 aromatic carbocycles. The molecule has 0 saturated heterocycles. The monoisotopic (exact) mass is 249 g/mol. The summed E-state index contributed by atoms with van der Waals surface area (Å²) in [6, 6.07) is 17.8. The lowest BCUT2D eigenvalue weighted by Gasteiger charge is -2.07. The molecular formula is C18H19N. The van der Waals surface area contributed by atoms with Gasteiger partial charge in [0, 0.05) is 18.3 Å². The van der Waals surface area contributed by atoms with Crippen LogP contribution in [0.5, 0.6) is 0 Å². The van der Waals surface area contributed by atoms with Crippen molar-refractivity contribution in [2.24, 2.45) is 0 Å². The second kappa shape index (κ2) is 4.93. The summed E-state index contributed by atoms with van der Waals surface area (Å²) in [4.78, 5) is 0. The molecule has 0 bridgehead atoms. The van der Waals surface area contributed by atoms with Gasteiger partial charge in [-0.1, -0.05) is 42.8 Å². The van der Waals surface area contributed by atoms with Crippen LogP contribution < -0.4 is 0 Å². The molecule has 0 fully saturated rings. The molecule has 0 saturated carbocycles. The predicted octanol–water partition coefficient (Wildman–Crippen LogP) is 4.56. The number of aryl methyl sites for hydroxylation is 2. The number of fused-ring (bicyclic) bond motifs is 1. The molecular weight excluding hydrogens is 230 g/mol. The van der Waals surface area contributed by atoms with E-state index in [0.717, 1.165) is 13.0 Å². The number of hydrogen-bond acceptors (Lipinski definition) is 0. The normalized spacial score (nSPS) is 11.1. The maximum atomic E-state index is 2.32. The van der Waals surface area contributed by atoms with Gasteiger partial charge < -0.3 is 4.57 Å². The zero-order chi connectivity index (χ0) is 13.2. The number of hydrogen-bond donors (Lipinski definition) is 0. The molecule has 1 heteroatoms. The Morgan fingerprint density at radius 2 is 1.63 bits per heavy atom. The summed E-state index contributed by atoms with van der Waals surface area (Å²) >= 11 is 0. The topological polar surface area (TPSA) is 4.93 Å². The van der Waals surface area contributed by atoms with Crippen LogP contribution in [0.25, 0.3) is 10.9 Å². The average Bonchev–Trinajstić information content (AvgIpc) is 2.82. The molecule has 0 N–H and O–H groups in total. The third kappa shape index (κ3) is 2.41. The minimum absolute atomic E-state index is 0.941. The second-order valence-electron chi connectivity index (χ2n) is 5.18. The summed E-state index contributed by atoms with van der Waals surface area (Å²) < 4.78 is 2.32. The number of rotatable bonds is 3. The molecule has 0 aliphatic rings. The number of aromatic nitrogens is 1. The summed E-state index contributed by atoms with van der Waals surface area (Å²) in [7, 11) is 0. The molecule has 0 atom stereocenters. The summed E-state index contributed by atoms with van der Waals surface area (Å²) in [5.41, 5.74) is 5.38. The van der Waals surface area contributed by atoms with Gasteiger partial charge in [0.2, 0.25) is 0 Å². The SMILES string of the molecule is CCc1ccc(Cn2ccc3cc(C)ccc32)cc1. The molecule has 0 aliphatic heterocycles. The molecule has 3 aromatic rings.